The summed E-state index contributed by atoms with van der Waals surface area (Å²) >= 11 is 1.53. The fourth-order valence-electron chi connectivity index (χ4n) is 4.18. The number of carbonyl (C=O) groups excluding carboxylic acids is 2. The quantitative estimate of drug-likeness (QED) is 0.449. The van der Waals surface area contributed by atoms with E-state index >= 15 is 0 Å². The first-order chi connectivity index (χ1) is 16.7. The standard InChI is InChI=1S/C25H21N3O5S/c29-24(20-10-9-19(33-20)23-26-16-5-1-4-8-22(16)34-23)27-11-13-28(14-12-27)25(30)21-15-31-17-6-2-3-7-18(17)32-21/h1-10,21H,11-15H2/t21-/m0/s1. The van der Waals surface area contributed by atoms with Crippen LogP contribution in [0.5, 0.6) is 11.5 Å². The van der Waals surface area contributed by atoms with Crippen LogP contribution in [0.1, 0.15) is 10.6 Å². The maximum atomic E-state index is 13.0. The first-order valence-electron chi connectivity index (χ1n) is 11.1. The predicted octanol–water partition coefficient (Wildman–Crippen LogP) is 3.68. The minimum atomic E-state index is -0.682. The number of nitrogens with zero attached hydrogens (tertiary/aromatic N) is 3. The van der Waals surface area contributed by atoms with Crippen LogP contribution < -0.4 is 9.47 Å². The molecule has 1 fully saturated rings. The summed E-state index contributed by atoms with van der Waals surface area (Å²) in [6.07, 6.45) is -0.682. The minimum absolute atomic E-state index is 0.127. The summed E-state index contributed by atoms with van der Waals surface area (Å²) in [4.78, 5) is 34.0. The molecular formula is C25H21N3O5S. The first kappa shape index (κ1) is 20.7. The molecule has 2 aliphatic rings. The fourth-order valence-corrected chi connectivity index (χ4v) is 5.10. The first-order valence-corrected chi connectivity index (χ1v) is 11.9. The van der Waals surface area contributed by atoms with Gasteiger partial charge >= 0.3 is 0 Å². The summed E-state index contributed by atoms with van der Waals surface area (Å²) in [5.74, 6) is 1.75. The van der Waals surface area contributed by atoms with Gasteiger partial charge in [0.1, 0.15) is 6.61 Å². The van der Waals surface area contributed by atoms with Gasteiger partial charge < -0.3 is 23.7 Å². The normalized spacial score (nSPS) is 17.7. The summed E-state index contributed by atoms with van der Waals surface area (Å²) in [6, 6.07) is 18.7. The van der Waals surface area contributed by atoms with Crippen LogP contribution >= 0.6 is 11.3 Å². The molecule has 0 saturated carbocycles. The number of carbonyl (C=O) groups is 2. The summed E-state index contributed by atoms with van der Waals surface area (Å²) in [5, 5.41) is 0.743. The Hall–Kier alpha value is -3.85. The number of fused-ring (bicyclic) bond motifs is 2. The molecule has 9 heteroatoms. The van der Waals surface area contributed by atoms with Gasteiger partial charge in [-0.2, -0.15) is 0 Å². The molecule has 8 nitrogen and oxygen atoms in total. The lowest BCUT2D eigenvalue weighted by Gasteiger charge is -2.36. The van der Waals surface area contributed by atoms with Gasteiger partial charge in [-0.05, 0) is 36.4 Å². The van der Waals surface area contributed by atoms with Gasteiger partial charge in [0.2, 0.25) is 6.10 Å². The third-order valence-electron chi connectivity index (χ3n) is 5.98. The van der Waals surface area contributed by atoms with Gasteiger partial charge in [0, 0.05) is 26.2 Å². The topological polar surface area (TPSA) is 85.1 Å². The van der Waals surface area contributed by atoms with Crippen LogP contribution in [0.25, 0.3) is 21.0 Å². The van der Waals surface area contributed by atoms with E-state index in [2.05, 4.69) is 4.98 Å². The highest BCUT2D eigenvalue weighted by atomic mass is 32.1. The largest absolute Gasteiger partial charge is 0.485 e. The SMILES string of the molecule is O=C(c1ccc(-c2nc3ccccc3s2)o1)N1CCN(C(=O)[C@@H]2COc3ccccc3O2)CC1. The average Bonchev–Trinajstić information content (AvgIpc) is 3.55. The van der Waals surface area contributed by atoms with Gasteiger partial charge in [-0.3, -0.25) is 9.59 Å². The molecule has 0 radical (unpaired) electrons. The van der Waals surface area contributed by atoms with Crippen LogP contribution in [0.3, 0.4) is 0 Å². The number of aromatic nitrogens is 1. The molecular weight excluding hydrogens is 454 g/mol. The molecule has 2 aliphatic heterocycles. The molecule has 172 valence electrons. The van der Waals surface area contributed by atoms with Crippen LogP contribution in [-0.4, -0.2) is 65.5 Å². The van der Waals surface area contributed by atoms with E-state index in [0.717, 1.165) is 15.2 Å². The van der Waals surface area contributed by atoms with Crippen molar-refractivity contribution in [1.29, 1.82) is 0 Å². The number of furan rings is 1. The van der Waals surface area contributed by atoms with Crippen molar-refractivity contribution in [3.05, 3.63) is 66.4 Å². The highest BCUT2D eigenvalue weighted by Gasteiger charge is 2.34. The highest BCUT2D eigenvalue weighted by molar-refractivity contribution is 7.21. The average molecular weight is 476 g/mol. The number of amides is 2. The van der Waals surface area contributed by atoms with Gasteiger partial charge in [0.15, 0.2) is 28.0 Å². The lowest BCUT2D eigenvalue weighted by atomic mass is 10.2. The predicted molar refractivity (Wildman–Crippen MR) is 126 cm³/mol. The molecule has 4 heterocycles. The zero-order valence-corrected chi connectivity index (χ0v) is 19.0. The Morgan fingerprint density at radius 3 is 2.44 bits per heavy atom. The van der Waals surface area contributed by atoms with Gasteiger partial charge in [-0.1, -0.05) is 24.3 Å². The number of hydrogen-bond donors (Lipinski definition) is 0. The zero-order chi connectivity index (χ0) is 23.1. The van der Waals surface area contributed by atoms with Crippen molar-refractivity contribution < 1.29 is 23.5 Å². The van der Waals surface area contributed by atoms with Crippen LogP contribution in [0.15, 0.2) is 65.1 Å². The van der Waals surface area contributed by atoms with Crippen molar-refractivity contribution in [3.63, 3.8) is 0 Å². The second kappa shape index (κ2) is 8.49. The molecule has 6 rings (SSSR count). The Morgan fingerprint density at radius 1 is 0.882 bits per heavy atom. The Bertz CT molecular complexity index is 1340. The van der Waals surface area contributed by atoms with Crippen molar-refractivity contribution in [2.75, 3.05) is 32.8 Å². The summed E-state index contributed by atoms with van der Waals surface area (Å²) in [6.45, 7) is 1.88. The summed E-state index contributed by atoms with van der Waals surface area (Å²) in [5.41, 5.74) is 0.906. The number of benzene rings is 2. The van der Waals surface area contributed by atoms with Gasteiger partial charge in [0.25, 0.3) is 11.8 Å². The van der Waals surface area contributed by atoms with Crippen LogP contribution in [0.2, 0.25) is 0 Å². The molecule has 0 bridgehead atoms. The van der Waals surface area contributed by atoms with Gasteiger partial charge in [-0.15, -0.1) is 11.3 Å². The Kier molecular flexibility index (Phi) is 5.18. The molecule has 2 aromatic carbocycles. The van der Waals surface area contributed by atoms with E-state index in [4.69, 9.17) is 13.9 Å². The van der Waals surface area contributed by atoms with E-state index in [9.17, 15) is 9.59 Å². The van der Waals surface area contributed by atoms with E-state index in [1.807, 2.05) is 42.5 Å². The second-order valence-corrected chi connectivity index (χ2v) is 9.16. The molecule has 2 amide bonds. The lowest BCUT2D eigenvalue weighted by Crippen LogP contribution is -2.55. The molecule has 0 N–H and O–H groups in total. The van der Waals surface area contributed by atoms with Crippen molar-refractivity contribution in [3.8, 4) is 22.3 Å². The Morgan fingerprint density at radius 2 is 1.62 bits per heavy atom. The smallest absolute Gasteiger partial charge is 0.289 e. The number of rotatable bonds is 3. The van der Waals surface area contributed by atoms with Crippen molar-refractivity contribution in [2.45, 2.75) is 6.10 Å². The lowest BCUT2D eigenvalue weighted by molar-refractivity contribution is -0.142. The van der Waals surface area contributed by atoms with E-state index in [0.29, 0.717) is 43.4 Å². The molecule has 0 aliphatic carbocycles. The van der Waals surface area contributed by atoms with Crippen LogP contribution in [-0.2, 0) is 4.79 Å². The monoisotopic (exact) mass is 475 g/mol. The zero-order valence-electron chi connectivity index (χ0n) is 18.2. The third kappa shape index (κ3) is 3.77. The number of hydrogen-bond acceptors (Lipinski definition) is 7. The molecule has 1 atom stereocenters. The Labute approximate surface area is 199 Å². The van der Waals surface area contributed by atoms with Gasteiger partial charge in [-0.25, -0.2) is 4.98 Å². The van der Waals surface area contributed by atoms with E-state index < -0.39 is 6.10 Å². The minimum Gasteiger partial charge on any atom is -0.485 e. The fraction of sp³-hybridized carbons (Fsp3) is 0.240. The number of para-hydroxylation sites is 3. The van der Waals surface area contributed by atoms with E-state index in [1.165, 1.54) is 11.3 Å². The van der Waals surface area contributed by atoms with Crippen LogP contribution in [0, 0.1) is 0 Å². The summed E-state index contributed by atoms with van der Waals surface area (Å²) < 4.78 is 18.4. The third-order valence-corrected chi connectivity index (χ3v) is 7.03. The molecule has 0 spiro atoms. The Balaban J connectivity index is 1.08. The van der Waals surface area contributed by atoms with Crippen LogP contribution in [0.4, 0.5) is 0 Å². The van der Waals surface area contributed by atoms with Crippen molar-refractivity contribution in [2.24, 2.45) is 0 Å². The summed E-state index contributed by atoms with van der Waals surface area (Å²) in [7, 11) is 0. The van der Waals surface area contributed by atoms with E-state index in [1.54, 1.807) is 28.0 Å². The molecule has 0 unspecified atom stereocenters. The number of ether oxygens (including phenoxy) is 2. The maximum Gasteiger partial charge on any atom is 0.289 e. The number of piperazine rings is 1. The van der Waals surface area contributed by atoms with Gasteiger partial charge in [0.05, 0.1) is 10.2 Å². The molecule has 4 aromatic rings. The van der Waals surface area contributed by atoms with Crippen molar-refractivity contribution >= 4 is 33.4 Å². The molecule has 1 saturated heterocycles. The highest BCUT2D eigenvalue weighted by Crippen LogP contribution is 2.32. The number of thiazole rings is 1. The molecule has 34 heavy (non-hydrogen) atoms. The second-order valence-electron chi connectivity index (χ2n) is 8.13. The van der Waals surface area contributed by atoms with Crippen molar-refractivity contribution in [1.82, 2.24) is 14.8 Å². The van der Waals surface area contributed by atoms with E-state index in [-0.39, 0.29) is 24.2 Å². The maximum absolute atomic E-state index is 13.0. The molecule has 2 aromatic heterocycles.